The van der Waals surface area contributed by atoms with Crippen LogP contribution in [0, 0.1) is 0 Å². The van der Waals surface area contributed by atoms with Gasteiger partial charge in [-0.15, -0.1) is 0 Å². The number of piperidine rings is 1. The van der Waals surface area contributed by atoms with E-state index in [1.807, 2.05) is 4.90 Å². The van der Waals surface area contributed by atoms with E-state index in [-0.39, 0.29) is 10.8 Å². The van der Waals surface area contributed by atoms with Gasteiger partial charge in [-0.2, -0.15) is 26.3 Å². The van der Waals surface area contributed by atoms with Gasteiger partial charge in [0.15, 0.2) is 0 Å². The first-order valence-electron chi connectivity index (χ1n) is 16.8. The Labute approximate surface area is 294 Å². The van der Waals surface area contributed by atoms with Gasteiger partial charge in [0, 0.05) is 82.5 Å². The largest absolute Gasteiger partial charge is 0.416 e. The fourth-order valence-corrected chi connectivity index (χ4v) is 7.12. The number of hydrogen-bond donors (Lipinski definition) is 2. The molecule has 3 aliphatic heterocycles. The molecule has 3 heterocycles. The van der Waals surface area contributed by atoms with Crippen LogP contribution in [0.4, 0.5) is 43.4 Å². The standard InChI is InChI=1S/C24H29F3N4O3S.C11H13F3N2/c1-28-35(33,34)20-9-10-22(30-11-3-2-4-12-30)21(17-20)23(32)31-15-13-29(14-16-31)19-7-5-18(6-8-19)24(25,26)27;12-11(13,14)9-1-3-10(4-2-9)16-7-5-15-6-8-16/h5-10,17,28H,2-4,11-16H2,1H3;1-4,15H,5-8H2. The molecule has 0 atom stereocenters. The first-order chi connectivity index (χ1) is 24.2. The van der Waals surface area contributed by atoms with Crippen molar-refractivity contribution in [2.75, 3.05) is 87.2 Å². The normalized spacial score (nSPS) is 17.5. The molecule has 2 N–H and O–H groups in total. The summed E-state index contributed by atoms with van der Waals surface area (Å²) in [5.41, 5.74) is 1.32. The minimum absolute atomic E-state index is 0.0347. The summed E-state index contributed by atoms with van der Waals surface area (Å²) in [6.07, 6.45) is -5.49. The quantitative estimate of drug-likeness (QED) is 0.315. The Bertz CT molecular complexity index is 1720. The third-order valence-electron chi connectivity index (χ3n) is 9.28. The number of benzene rings is 3. The lowest BCUT2D eigenvalue weighted by atomic mass is 10.1. The molecule has 51 heavy (non-hydrogen) atoms. The number of amides is 1. The van der Waals surface area contributed by atoms with Gasteiger partial charge >= 0.3 is 12.4 Å². The van der Waals surface area contributed by atoms with E-state index >= 15 is 0 Å². The summed E-state index contributed by atoms with van der Waals surface area (Å²) in [5, 5.41) is 3.20. The molecule has 16 heteroatoms. The van der Waals surface area contributed by atoms with Crippen molar-refractivity contribution in [1.82, 2.24) is 14.9 Å². The van der Waals surface area contributed by atoms with Crippen molar-refractivity contribution in [2.45, 2.75) is 36.5 Å². The van der Waals surface area contributed by atoms with Crippen LogP contribution in [-0.4, -0.2) is 91.7 Å². The lowest BCUT2D eigenvalue weighted by Gasteiger charge is -2.37. The van der Waals surface area contributed by atoms with Gasteiger partial charge in [-0.3, -0.25) is 4.79 Å². The predicted molar refractivity (Wildman–Crippen MR) is 185 cm³/mol. The van der Waals surface area contributed by atoms with Crippen molar-refractivity contribution < 1.29 is 39.6 Å². The highest BCUT2D eigenvalue weighted by Gasteiger charge is 2.32. The average Bonchev–Trinajstić information content (AvgIpc) is 3.15. The van der Waals surface area contributed by atoms with E-state index in [1.165, 1.54) is 43.4 Å². The smallest absolute Gasteiger partial charge is 0.371 e. The first-order valence-corrected chi connectivity index (χ1v) is 18.3. The Hall–Kier alpha value is -4.02. The van der Waals surface area contributed by atoms with Crippen molar-refractivity contribution in [2.24, 2.45) is 0 Å². The van der Waals surface area contributed by atoms with Crippen molar-refractivity contribution in [3.8, 4) is 0 Å². The number of anilines is 3. The van der Waals surface area contributed by atoms with Crippen LogP contribution in [0.2, 0.25) is 0 Å². The van der Waals surface area contributed by atoms with Crippen LogP contribution in [-0.2, 0) is 22.4 Å². The zero-order chi connectivity index (χ0) is 36.8. The van der Waals surface area contributed by atoms with E-state index in [4.69, 9.17) is 0 Å². The molecule has 0 aliphatic carbocycles. The summed E-state index contributed by atoms with van der Waals surface area (Å²) in [4.78, 5) is 21.4. The third-order valence-corrected chi connectivity index (χ3v) is 10.7. The molecule has 0 saturated carbocycles. The molecule has 6 rings (SSSR count). The molecule has 3 aromatic carbocycles. The Morgan fingerprint density at radius 1 is 0.647 bits per heavy atom. The number of halogens is 6. The SMILES string of the molecule is CNS(=O)(=O)c1ccc(N2CCCCC2)c(C(=O)N2CCN(c3ccc(C(F)(F)F)cc3)CC2)c1.FC(F)(F)c1ccc(N2CCNCC2)cc1. The van der Waals surface area contributed by atoms with Gasteiger partial charge < -0.3 is 24.9 Å². The molecule has 3 fully saturated rings. The second-order valence-electron chi connectivity index (χ2n) is 12.5. The van der Waals surface area contributed by atoms with E-state index in [1.54, 1.807) is 11.0 Å². The summed E-state index contributed by atoms with van der Waals surface area (Å²) >= 11 is 0. The number of nitrogens with zero attached hydrogens (tertiary/aromatic N) is 4. The molecule has 9 nitrogen and oxygen atoms in total. The van der Waals surface area contributed by atoms with E-state index < -0.39 is 33.5 Å². The highest BCUT2D eigenvalue weighted by molar-refractivity contribution is 7.89. The molecule has 0 spiro atoms. The highest BCUT2D eigenvalue weighted by Crippen LogP contribution is 2.33. The summed E-state index contributed by atoms with van der Waals surface area (Å²) in [6, 6.07) is 15.0. The van der Waals surface area contributed by atoms with Crippen LogP contribution in [0.25, 0.3) is 0 Å². The number of carbonyl (C=O) groups excluding carboxylic acids is 1. The summed E-state index contributed by atoms with van der Waals surface area (Å²) in [6.45, 7) is 6.72. The number of carbonyl (C=O) groups is 1. The zero-order valence-electron chi connectivity index (χ0n) is 28.2. The number of rotatable bonds is 6. The number of piperazine rings is 2. The van der Waals surface area contributed by atoms with E-state index in [9.17, 15) is 39.6 Å². The minimum atomic E-state index is -4.38. The molecule has 3 aromatic rings. The van der Waals surface area contributed by atoms with E-state index in [0.717, 1.165) is 94.2 Å². The Kier molecular flexibility index (Phi) is 12.1. The maximum Gasteiger partial charge on any atom is 0.416 e. The topological polar surface area (TPSA) is 88.2 Å². The van der Waals surface area contributed by atoms with Gasteiger partial charge in [0.25, 0.3) is 5.91 Å². The van der Waals surface area contributed by atoms with Crippen LogP contribution in [0.1, 0.15) is 40.7 Å². The number of alkyl halides is 6. The monoisotopic (exact) mass is 740 g/mol. The Balaban J connectivity index is 0.000000262. The number of hydrogen-bond acceptors (Lipinski definition) is 7. The fourth-order valence-electron chi connectivity index (χ4n) is 6.37. The summed E-state index contributed by atoms with van der Waals surface area (Å²) < 4.78 is 103. The summed E-state index contributed by atoms with van der Waals surface area (Å²) in [5.74, 6) is -0.245. The number of nitrogens with one attached hydrogen (secondary N) is 2. The number of sulfonamides is 1. The van der Waals surface area contributed by atoms with Gasteiger partial charge in [-0.1, -0.05) is 0 Å². The lowest BCUT2D eigenvalue weighted by molar-refractivity contribution is -0.138. The molecule has 278 valence electrons. The van der Waals surface area contributed by atoms with Crippen LogP contribution in [0.15, 0.2) is 71.6 Å². The van der Waals surface area contributed by atoms with Crippen LogP contribution in [0.3, 0.4) is 0 Å². The van der Waals surface area contributed by atoms with E-state index in [0.29, 0.717) is 37.4 Å². The third kappa shape index (κ3) is 9.65. The molecule has 3 aliphatic rings. The average molecular weight is 741 g/mol. The van der Waals surface area contributed by atoms with Crippen molar-refractivity contribution in [1.29, 1.82) is 0 Å². The second kappa shape index (κ2) is 16.1. The highest BCUT2D eigenvalue weighted by atomic mass is 32.2. The van der Waals surface area contributed by atoms with Crippen LogP contribution >= 0.6 is 0 Å². The van der Waals surface area contributed by atoms with Crippen molar-refractivity contribution in [3.05, 3.63) is 83.4 Å². The molecular weight excluding hydrogens is 698 g/mol. The van der Waals surface area contributed by atoms with E-state index in [2.05, 4.69) is 19.8 Å². The minimum Gasteiger partial charge on any atom is -0.371 e. The van der Waals surface area contributed by atoms with Gasteiger partial charge in [-0.05, 0) is 93.0 Å². The molecule has 0 unspecified atom stereocenters. The molecule has 1 amide bonds. The van der Waals surface area contributed by atoms with Crippen molar-refractivity contribution >= 4 is 33.0 Å². The predicted octanol–water partition coefficient (Wildman–Crippen LogP) is 5.68. The maximum atomic E-state index is 13.6. The Morgan fingerprint density at radius 2 is 1.14 bits per heavy atom. The fraction of sp³-hybridized carbons (Fsp3) is 0.457. The van der Waals surface area contributed by atoms with Gasteiger partial charge in [0.1, 0.15) is 0 Å². The van der Waals surface area contributed by atoms with Gasteiger partial charge in [0.2, 0.25) is 10.0 Å². The van der Waals surface area contributed by atoms with Crippen LogP contribution < -0.4 is 24.7 Å². The maximum absolute atomic E-state index is 13.6. The van der Waals surface area contributed by atoms with Crippen LogP contribution in [0.5, 0.6) is 0 Å². The molecule has 3 saturated heterocycles. The first kappa shape index (κ1) is 38.2. The Morgan fingerprint density at radius 3 is 1.61 bits per heavy atom. The lowest BCUT2D eigenvalue weighted by Crippen LogP contribution is -2.49. The molecule has 0 radical (unpaired) electrons. The summed E-state index contributed by atoms with van der Waals surface area (Å²) in [7, 11) is -2.39. The zero-order valence-corrected chi connectivity index (χ0v) is 29.0. The molecule has 0 aromatic heterocycles. The van der Waals surface area contributed by atoms with Gasteiger partial charge in [-0.25, -0.2) is 13.1 Å². The molecular formula is C35H42F6N6O3S. The van der Waals surface area contributed by atoms with Gasteiger partial charge in [0.05, 0.1) is 21.6 Å². The van der Waals surface area contributed by atoms with Crippen molar-refractivity contribution in [3.63, 3.8) is 0 Å². The second-order valence-corrected chi connectivity index (χ2v) is 14.4. The molecule has 0 bridgehead atoms.